The molecule has 0 amide bonds. The van der Waals surface area contributed by atoms with Crippen LogP contribution in [0.15, 0.2) is 0 Å². The Bertz CT molecular complexity index is 370. The van der Waals surface area contributed by atoms with E-state index in [9.17, 15) is 8.42 Å². The third-order valence-electron chi connectivity index (χ3n) is 2.73. The van der Waals surface area contributed by atoms with Crippen molar-refractivity contribution in [2.45, 2.75) is 25.3 Å². The van der Waals surface area contributed by atoms with E-state index in [4.69, 9.17) is 17.0 Å². The molecule has 1 aliphatic rings. The van der Waals surface area contributed by atoms with Gasteiger partial charge in [-0.1, -0.05) is 0 Å². The van der Waals surface area contributed by atoms with Crippen LogP contribution in [0, 0.1) is 0 Å². The lowest BCUT2D eigenvalue weighted by Crippen LogP contribution is -2.51. The molecule has 100 valence electrons. The van der Waals surface area contributed by atoms with Gasteiger partial charge in [-0.3, -0.25) is 0 Å². The van der Waals surface area contributed by atoms with Gasteiger partial charge in [-0.05, 0) is 32.0 Å². The second-order valence-corrected chi connectivity index (χ2v) is 7.22. The summed E-state index contributed by atoms with van der Waals surface area (Å²) < 4.78 is 27.7. The fourth-order valence-electron chi connectivity index (χ4n) is 1.85. The minimum Gasteiger partial charge on any atom is -0.385 e. The molecule has 0 aromatic rings. The number of hydrogen-bond acceptors (Lipinski definition) is 4. The predicted molar refractivity (Wildman–Crippen MR) is 71.9 cm³/mol. The minimum absolute atomic E-state index is 0.153. The summed E-state index contributed by atoms with van der Waals surface area (Å²) in [6.45, 7) is 3.30. The summed E-state index contributed by atoms with van der Waals surface area (Å²) in [6, 6.07) is 0. The SMILES string of the molecule is COCCCNC(=S)N[C@@]1(C)CCS(=O)(=O)C1. The molecular weight excluding hydrogens is 260 g/mol. The molecule has 1 rings (SSSR count). The van der Waals surface area contributed by atoms with Gasteiger partial charge in [0, 0.05) is 20.3 Å². The van der Waals surface area contributed by atoms with Crippen molar-refractivity contribution in [2.75, 3.05) is 31.8 Å². The molecule has 0 radical (unpaired) electrons. The molecule has 0 spiro atoms. The molecule has 0 unspecified atom stereocenters. The Balaban J connectivity index is 2.31. The fourth-order valence-corrected chi connectivity index (χ4v) is 4.29. The van der Waals surface area contributed by atoms with Crippen molar-refractivity contribution in [3.8, 4) is 0 Å². The van der Waals surface area contributed by atoms with Gasteiger partial charge in [0.15, 0.2) is 14.9 Å². The first-order valence-corrected chi connectivity index (χ1v) is 7.85. The van der Waals surface area contributed by atoms with Crippen molar-refractivity contribution in [3.63, 3.8) is 0 Å². The van der Waals surface area contributed by atoms with E-state index in [1.165, 1.54) is 0 Å². The minimum atomic E-state index is -2.90. The highest BCUT2D eigenvalue weighted by Gasteiger charge is 2.38. The largest absolute Gasteiger partial charge is 0.385 e. The summed E-state index contributed by atoms with van der Waals surface area (Å²) in [6.07, 6.45) is 1.47. The lowest BCUT2D eigenvalue weighted by molar-refractivity contribution is 0.195. The lowest BCUT2D eigenvalue weighted by atomic mass is 10.0. The zero-order valence-corrected chi connectivity index (χ0v) is 11.9. The standard InChI is InChI=1S/C10H20N2O3S2/c1-10(4-7-17(13,14)8-10)12-9(16)11-5-3-6-15-2/h3-8H2,1-2H3,(H2,11,12,16)/t10-/m0/s1. The van der Waals surface area contributed by atoms with Crippen LogP contribution in [0.25, 0.3) is 0 Å². The van der Waals surface area contributed by atoms with Crippen molar-refractivity contribution in [1.82, 2.24) is 10.6 Å². The van der Waals surface area contributed by atoms with Crippen LogP contribution in [0.5, 0.6) is 0 Å². The number of nitrogens with one attached hydrogen (secondary N) is 2. The molecule has 0 aliphatic carbocycles. The van der Waals surface area contributed by atoms with Gasteiger partial charge in [-0.25, -0.2) is 8.42 Å². The van der Waals surface area contributed by atoms with Crippen molar-refractivity contribution < 1.29 is 13.2 Å². The van der Waals surface area contributed by atoms with E-state index < -0.39 is 15.4 Å². The molecular formula is C10H20N2O3S2. The smallest absolute Gasteiger partial charge is 0.166 e. The Morgan fingerprint density at radius 3 is 2.76 bits per heavy atom. The monoisotopic (exact) mass is 280 g/mol. The topological polar surface area (TPSA) is 67.4 Å². The highest BCUT2D eigenvalue weighted by molar-refractivity contribution is 7.91. The van der Waals surface area contributed by atoms with Crippen LogP contribution in [0.2, 0.25) is 0 Å². The van der Waals surface area contributed by atoms with Gasteiger partial charge in [0.25, 0.3) is 0 Å². The highest BCUT2D eigenvalue weighted by atomic mass is 32.2. The summed E-state index contributed by atoms with van der Waals surface area (Å²) in [5.41, 5.74) is -0.426. The molecule has 1 saturated heterocycles. The molecule has 1 heterocycles. The van der Waals surface area contributed by atoms with E-state index in [1.54, 1.807) is 7.11 Å². The summed E-state index contributed by atoms with van der Waals surface area (Å²) in [5.74, 6) is 0.392. The maximum Gasteiger partial charge on any atom is 0.166 e. The number of hydrogen-bond donors (Lipinski definition) is 2. The van der Waals surface area contributed by atoms with E-state index in [0.29, 0.717) is 18.1 Å². The highest BCUT2D eigenvalue weighted by Crippen LogP contribution is 2.22. The second-order valence-electron chi connectivity index (χ2n) is 4.63. The van der Waals surface area contributed by atoms with Gasteiger partial charge >= 0.3 is 0 Å². The first kappa shape index (κ1) is 14.7. The summed E-state index contributed by atoms with van der Waals surface area (Å²) in [5, 5.41) is 6.65. The predicted octanol–water partition coefficient (Wildman–Crippen LogP) is 0.0642. The third-order valence-corrected chi connectivity index (χ3v) is 4.88. The van der Waals surface area contributed by atoms with Crippen LogP contribution in [0.4, 0.5) is 0 Å². The third kappa shape index (κ3) is 5.18. The second kappa shape index (κ2) is 5.97. The average molecular weight is 280 g/mol. The molecule has 0 aromatic carbocycles. The van der Waals surface area contributed by atoms with Crippen molar-refractivity contribution in [1.29, 1.82) is 0 Å². The molecule has 1 aliphatic heterocycles. The molecule has 1 atom stereocenters. The Morgan fingerprint density at radius 1 is 1.53 bits per heavy atom. The number of ether oxygens (including phenoxy) is 1. The first-order chi connectivity index (χ1) is 7.87. The average Bonchev–Trinajstić information content (AvgIpc) is 2.47. The lowest BCUT2D eigenvalue weighted by Gasteiger charge is -2.25. The summed E-state index contributed by atoms with van der Waals surface area (Å²) in [7, 11) is -1.24. The van der Waals surface area contributed by atoms with E-state index in [-0.39, 0.29) is 11.5 Å². The van der Waals surface area contributed by atoms with Crippen molar-refractivity contribution >= 4 is 27.2 Å². The van der Waals surface area contributed by atoms with Crippen LogP contribution in [0.1, 0.15) is 19.8 Å². The molecule has 0 aromatic heterocycles. The zero-order valence-electron chi connectivity index (χ0n) is 10.3. The molecule has 1 fully saturated rings. The number of methoxy groups -OCH3 is 1. The number of sulfone groups is 1. The van der Waals surface area contributed by atoms with Gasteiger partial charge in [0.1, 0.15) is 0 Å². The fraction of sp³-hybridized carbons (Fsp3) is 0.900. The van der Waals surface area contributed by atoms with E-state index in [2.05, 4.69) is 10.6 Å². The molecule has 2 N–H and O–H groups in total. The van der Waals surface area contributed by atoms with Gasteiger partial charge < -0.3 is 15.4 Å². The van der Waals surface area contributed by atoms with Crippen molar-refractivity contribution in [2.24, 2.45) is 0 Å². The van der Waals surface area contributed by atoms with Gasteiger partial charge in [-0.2, -0.15) is 0 Å². The normalized spacial score (nSPS) is 26.7. The molecule has 7 heteroatoms. The molecule has 5 nitrogen and oxygen atoms in total. The Morgan fingerprint density at radius 2 is 2.24 bits per heavy atom. The Hall–Kier alpha value is -0.400. The van der Waals surface area contributed by atoms with Gasteiger partial charge in [0.05, 0.1) is 17.0 Å². The quantitative estimate of drug-likeness (QED) is 0.548. The number of thiocarbonyl (C=S) groups is 1. The van der Waals surface area contributed by atoms with Crippen LogP contribution < -0.4 is 10.6 Å². The van der Waals surface area contributed by atoms with Crippen LogP contribution >= 0.6 is 12.2 Å². The van der Waals surface area contributed by atoms with Gasteiger partial charge in [0.2, 0.25) is 0 Å². The number of rotatable bonds is 5. The Kier molecular flexibility index (Phi) is 5.15. The van der Waals surface area contributed by atoms with Crippen LogP contribution in [0.3, 0.4) is 0 Å². The van der Waals surface area contributed by atoms with Crippen molar-refractivity contribution in [3.05, 3.63) is 0 Å². The summed E-state index contributed by atoms with van der Waals surface area (Å²) >= 11 is 5.13. The van der Waals surface area contributed by atoms with Crippen LogP contribution in [-0.2, 0) is 14.6 Å². The zero-order chi connectivity index (χ0) is 12.9. The van der Waals surface area contributed by atoms with Gasteiger partial charge in [-0.15, -0.1) is 0 Å². The maximum atomic E-state index is 11.4. The van der Waals surface area contributed by atoms with E-state index in [1.807, 2.05) is 6.92 Å². The maximum absolute atomic E-state index is 11.4. The van der Waals surface area contributed by atoms with E-state index >= 15 is 0 Å². The van der Waals surface area contributed by atoms with E-state index in [0.717, 1.165) is 13.0 Å². The molecule has 17 heavy (non-hydrogen) atoms. The Labute approximate surface area is 108 Å². The first-order valence-electron chi connectivity index (χ1n) is 5.62. The summed E-state index contributed by atoms with van der Waals surface area (Å²) in [4.78, 5) is 0. The molecule has 0 saturated carbocycles. The molecule has 0 bridgehead atoms. The van der Waals surface area contributed by atoms with Crippen LogP contribution in [-0.4, -0.2) is 50.8 Å².